The number of carbonyl (C=O) groups excluding carboxylic acids is 1. The summed E-state index contributed by atoms with van der Waals surface area (Å²) in [5.41, 5.74) is -0.0508. The number of hydrogen-bond donors (Lipinski definition) is 1. The van der Waals surface area contributed by atoms with Crippen LogP contribution in [0.15, 0.2) is 61.4 Å². The number of rotatable bonds is 7. The first-order valence-electron chi connectivity index (χ1n) is 10.9. The monoisotopic (exact) mass is 499 g/mol. The van der Waals surface area contributed by atoms with Crippen molar-refractivity contribution in [3.63, 3.8) is 0 Å². The van der Waals surface area contributed by atoms with Crippen LogP contribution in [-0.2, 0) is 11.3 Å². The third kappa shape index (κ3) is 5.39. The number of anilines is 1. The van der Waals surface area contributed by atoms with Crippen LogP contribution in [0, 0.1) is 0 Å². The highest BCUT2D eigenvalue weighted by Crippen LogP contribution is 2.31. The van der Waals surface area contributed by atoms with Gasteiger partial charge in [0, 0.05) is 53.0 Å². The van der Waals surface area contributed by atoms with Crippen molar-refractivity contribution in [3.05, 3.63) is 67.0 Å². The third-order valence-corrected chi connectivity index (χ3v) is 5.69. The molecule has 0 saturated carbocycles. The van der Waals surface area contributed by atoms with Gasteiger partial charge in [0.25, 0.3) is 5.91 Å². The second-order valence-electron chi connectivity index (χ2n) is 8.08. The van der Waals surface area contributed by atoms with Crippen molar-refractivity contribution in [2.45, 2.75) is 31.1 Å². The second kappa shape index (κ2) is 9.55. The van der Waals surface area contributed by atoms with E-state index in [4.69, 9.17) is 16.3 Å². The zero-order valence-corrected chi connectivity index (χ0v) is 19.1. The number of imidazole rings is 1. The van der Waals surface area contributed by atoms with E-state index in [0.717, 1.165) is 36.1 Å². The predicted octanol–water partition coefficient (Wildman–Crippen LogP) is 5.09. The number of amides is 1. The van der Waals surface area contributed by atoms with Crippen LogP contribution < -0.4 is 10.1 Å². The molecular weight excluding hydrogens is 480 g/mol. The Morgan fingerprint density at radius 2 is 2.00 bits per heavy atom. The topological polar surface area (TPSA) is 91.2 Å². The van der Waals surface area contributed by atoms with Crippen LogP contribution in [0.25, 0.3) is 22.2 Å². The van der Waals surface area contributed by atoms with Crippen molar-refractivity contribution in [3.8, 4) is 16.9 Å². The van der Waals surface area contributed by atoms with Crippen LogP contribution >= 0.6 is 11.6 Å². The van der Waals surface area contributed by atoms with Crippen molar-refractivity contribution in [2.24, 2.45) is 0 Å². The summed E-state index contributed by atoms with van der Waals surface area (Å²) in [7, 11) is 0. The summed E-state index contributed by atoms with van der Waals surface area (Å²) in [6, 6.07) is 8.92. The normalized spacial score (nSPS) is 15.9. The number of fused-ring (bicyclic) bond motifs is 1. The summed E-state index contributed by atoms with van der Waals surface area (Å²) < 4.78 is 37.7. The van der Waals surface area contributed by atoms with Crippen LogP contribution in [-0.4, -0.2) is 43.7 Å². The summed E-state index contributed by atoms with van der Waals surface area (Å²) in [6.07, 6.45) is 8.66. The van der Waals surface area contributed by atoms with E-state index in [2.05, 4.69) is 25.0 Å². The molecule has 0 bridgehead atoms. The van der Waals surface area contributed by atoms with Crippen LogP contribution in [0.1, 0.15) is 23.2 Å². The maximum absolute atomic E-state index is 13.1. The zero-order chi connectivity index (χ0) is 24.4. The van der Waals surface area contributed by atoms with Gasteiger partial charge in [0.05, 0.1) is 30.0 Å². The van der Waals surface area contributed by atoms with Crippen LogP contribution in [0.2, 0.25) is 0 Å². The SMILES string of the molecule is O=C(Nc1ccc(OC(F)(F)Cl)cc1)c1cc(-c2cncnc2)c2c(c1)ncn2C[C@H]1CCCO1. The van der Waals surface area contributed by atoms with Gasteiger partial charge in [0.15, 0.2) is 0 Å². The Balaban J connectivity index is 1.46. The molecule has 1 N–H and O–H groups in total. The molecule has 4 aromatic rings. The number of carbonyl (C=O) groups is 1. The van der Waals surface area contributed by atoms with E-state index in [-0.39, 0.29) is 11.9 Å². The lowest BCUT2D eigenvalue weighted by atomic mass is 10.0. The van der Waals surface area contributed by atoms with Gasteiger partial charge in [-0.15, -0.1) is 8.78 Å². The lowest BCUT2D eigenvalue weighted by Gasteiger charge is -2.14. The molecule has 35 heavy (non-hydrogen) atoms. The minimum Gasteiger partial charge on any atom is -0.420 e. The molecule has 3 heterocycles. The van der Waals surface area contributed by atoms with E-state index >= 15 is 0 Å². The lowest BCUT2D eigenvalue weighted by molar-refractivity contribution is -0.0964. The van der Waals surface area contributed by atoms with Crippen molar-refractivity contribution in [1.82, 2.24) is 19.5 Å². The highest BCUT2D eigenvalue weighted by atomic mass is 35.5. The largest absolute Gasteiger partial charge is 0.487 e. The molecule has 1 aliphatic heterocycles. The molecule has 0 unspecified atom stereocenters. The molecular formula is C24H20ClF2N5O3. The van der Waals surface area contributed by atoms with Crippen LogP contribution in [0.3, 0.4) is 0 Å². The Hall–Kier alpha value is -3.63. The first-order valence-corrected chi connectivity index (χ1v) is 11.3. The number of alkyl halides is 3. The molecule has 2 aromatic heterocycles. The smallest absolute Gasteiger partial charge is 0.420 e. The van der Waals surface area contributed by atoms with E-state index in [0.29, 0.717) is 23.3 Å². The molecule has 8 nitrogen and oxygen atoms in total. The average Bonchev–Trinajstić information content (AvgIpc) is 3.50. The zero-order valence-electron chi connectivity index (χ0n) is 18.3. The number of nitrogens with one attached hydrogen (secondary N) is 1. The van der Waals surface area contributed by atoms with Crippen LogP contribution in [0.5, 0.6) is 5.75 Å². The first-order chi connectivity index (χ1) is 16.9. The molecule has 1 amide bonds. The fourth-order valence-corrected chi connectivity index (χ4v) is 4.18. The minimum absolute atomic E-state index is 0.112. The predicted molar refractivity (Wildman–Crippen MR) is 126 cm³/mol. The van der Waals surface area contributed by atoms with E-state index < -0.39 is 11.5 Å². The summed E-state index contributed by atoms with van der Waals surface area (Å²) in [6.45, 7) is 1.40. The standard InChI is InChI=1S/C24H20ClF2N5O3/c25-24(26,27)35-18-5-3-17(4-6-18)31-23(33)15-8-20(16-10-28-13-29-11-16)22-21(9-15)30-14-32(22)12-19-2-1-7-34-19/h3-6,8-11,13-14,19H,1-2,7,12H2,(H,31,33)/t19-/m1/s1. The van der Waals surface area contributed by atoms with E-state index in [1.54, 1.807) is 30.9 Å². The van der Waals surface area contributed by atoms with Crippen molar-refractivity contribution >= 4 is 34.2 Å². The molecule has 5 rings (SSSR count). The Morgan fingerprint density at radius 1 is 1.23 bits per heavy atom. The quantitative estimate of drug-likeness (QED) is 0.356. The van der Waals surface area contributed by atoms with Gasteiger partial charge < -0.3 is 19.4 Å². The maximum Gasteiger partial charge on any atom is 0.487 e. The number of halogens is 3. The molecule has 0 radical (unpaired) electrons. The summed E-state index contributed by atoms with van der Waals surface area (Å²) in [5, 5.41) is 2.76. The minimum atomic E-state index is -3.81. The number of hydrogen-bond acceptors (Lipinski definition) is 6. The summed E-state index contributed by atoms with van der Waals surface area (Å²) >= 11 is 4.79. The summed E-state index contributed by atoms with van der Waals surface area (Å²) in [5.74, 6) is -0.525. The van der Waals surface area contributed by atoms with E-state index in [1.807, 2.05) is 4.57 Å². The second-order valence-corrected chi connectivity index (χ2v) is 8.52. The van der Waals surface area contributed by atoms with Gasteiger partial charge >= 0.3 is 5.57 Å². The molecule has 1 saturated heterocycles. The van der Waals surface area contributed by atoms with Gasteiger partial charge in [-0.25, -0.2) is 15.0 Å². The van der Waals surface area contributed by atoms with Gasteiger partial charge in [-0.05, 0) is 49.2 Å². The average molecular weight is 500 g/mol. The highest BCUT2D eigenvalue weighted by Gasteiger charge is 2.27. The number of benzene rings is 2. The van der Waals surface area contributed by atoms with Gasteiger partial charge in [0.2, 0.25) is 0 Å². The Labute approximate surface area is 203 Å². The van der Waals surface area contributed by atoms with Crippen molar-refractivity contribution in [2.75, 3.05) is 11.9 Å². The van der Waals surface area contributed by atoms with Gasteiger partial charge in [0.1, 0.15) is 12.1 Å². The van der Waals surface area contributed by atoms with Gasteiger partial charge in [-0.2, -0.15) is 0 Å². The van der Waals surface area contributed by atoms with Gasteiger partial charge in [-0.1, -0.05) is 0 Å². The molecule has 0 aliphatic carbocycles. The van der Waals surface area contributed by atoms with Crippen molar-refractivity contribution in [1.29, 1.82) is 0 Å². The maximum atomic E-state index is 13.1. The molecule has 1 aliphatic rings. The first kappa shape index (κ1) is 23.1. The molecule has 1 atom stereocenters. The number of aromatic nitrogens is 4. The summed E-state index contributed by atoms with van der Waals surface area (Å²) in [4.78, 5) is 25.8. The van der Waals surface area contributed by atoms with Crippen molar-refractivity contribution < 1.29 is 23.0 Å². The van der Waals surface area contributed by atoms with E-state index in [9.17, 15) is 13.6 Å². The Morgan fingerprint density at radius 3 is 2.69 bits per heavy atom. The number of nitrogens with zero attached hydrogens (tertiary/aromatic N) is 4. The molecule has 180 valence electrons. The highest BCUT2D eigenvalue weighted by molar-refractivity contribution is 6.20. The fraction of sp³-hybridized carbons (Fsp3) is 0.250. The Bertz CT molecular complexity index is 1340. The van der Waals surface area contributed by atoms with E-state index in [1.165, 1.54) is 30.6 Å². The lowest BCUT2D eigenvalue weighted by Crippen LogP contribution is -2.16. The third-order valence-electron chi connectivity index (χ3n) is 5.62. The van der Waals surface area contributed by atoms with Gasteiger partial charge in [-0.3, -0.25) is 4.79 Å². The molecule has 1 fully saturated rings. The molecule has 0 spiro atoms. The van der Waals surface area contributed by atoms with Crippen LogP contribution in [0.4, 0.5) is 14.5 Å². The molecule has 11 heteroatoms. The Kier molecular flexibility index (Phi) is 6.31. The fourth-order valence-electron chi connectivity index (χ4n) is 4.09. The molecule has 2 aromatic carbocycles. The number of ether oxygens (including phenoxy) is 2.